The number of H-pyrrole nitrogens is 1. The van der Waals surface area contributed by atoms with Crippen LogP contribution >= 0.6 is 0 Å². The highest BCUT2D eigenvalue weighted by atomic mass is 15.0. The second kappa shape index (κ2) is 4.69. The van der Waals surface area contributed by atoms with Gasteiger partial charge in [0.1, 0.15) is 5.82 Å². The average molecular weight is 249 g/mol. The molecule has 1 aliphatic carbocycles. The Morgan fingerprint density at radius 3 is 2.39 bits per heavy atom. The normalized spacial score (nSPS) is 24.9. The third-order valence-electron chi connectivity index (χ3n) is 3.97. The summed E-state index contributed by atoms with van der Waals surface area (Å²) in [6, 6.07) is 0.888. The summed E-state index contributed by atoms with van der Waals surface area (Å²) in [5.41, 5.74) is 0.866. The molecule has 0 amide bonds. The van der Waals surface area contributed by atoms with Crippen molar-refractivity contribution in [3.8, 4) is 0 Å². The quantitative estimate of drug-likeness (QED) is 0.858. The van der Waals surface area contributed by atoms with Crippen LogP contribution in [0.15, 0.2) is 12.4 Å². The third-order valence-corrected chi connectivity index (χ3v) is 3.97. The molecule has 1 heterocycles. The van der Waals surface area contributed by atoms with Gasteiger partial charge in [-0.25, -0.2) is 4.98 Å². The molecule has 1 atom stereocenters. The van der Waals surface area contributed by atoms with E-state index in [1.165, 1.54) is 19.3 Å². The molecule has 1 unspecified atom stereocenters. The van der Waals surface area contributed by atoms with Gasteiger partial charge in [-0.1, -0.05) is 27.7 Å². The highest BCUT2D eigenvalue weighted by molar-refractivity contribution is 4.98. The van der Waals surface area contributed by atoms with Gasteiger partial charge in [0.25, 0.3) is 0 Å². The van der Waals surface area contributed by atoms with Gasteiger partial charge in [-0.05, 0) is 37.0 Å². The first-order chi connectivity index (χ1) is 8.27. The molecule has 0 aliphatic heterocycles. The summed E-state index contributed by atoms with van der Waals surface area (Å²) >= 11 is 0. The number of imidazole rings is 1. The molecule has 3 heteroatoms. The minimum Gasteiger partial charge on any atom is -0.347 e. The maximum Gasteiger partial charge on any atom is 0.122 e. The zero-order chi connectivity index (χ0) is 13.4. The molecular weight excluding hydrogens is 222 g/mol. The third kappa shape index (κ3) is 3.35. The van der Waals surface area contributed by atoms with Crippen LogP contribution in [0.3, 0.4) is 0 Å². The second-order valence-corrected chi connectivity index (χ2v) is 7.47. The molecule has 18 heavy (non-hydrogen) atoms. The molecule has 1 fully saturated rings. The van der Waals surface area contributed by atoms with E-state index in [0.717, 1.165) is 5.82 Å². The van der Waals surface area contributed by atoms with Crippen molar-refractivity contribution >= 4 is 0 Å². The maximum atomic E-state index is 4.34. The lowest BCUT2D eigenvalue weighted by Gasteiger charge is -2.45. The zero-order valence-corrected chi connectivity index (χ0v) is 12.4. The highest BCUT2D eigenvalue weighted by Crippen LogP contribution is 2.45. The number of aromatic amines is 1. The standard InChI is InChI=1S/C15H27N3/c1-11(13-16-6-7-17-13)18-12-8-14(2,3)10-15(4,5)9-12/h6-7,11-12,18H,8-10H2,1-5H3,(H,16,17). The number of rotatable bonds is 3. The van der Waals surface area contributed by atoms with Crippen molar-refractivity contribution in [2.75, 3.05) is 0 Å². The predicted octanol–water partition coefficient (Wildman–Crippen LogP) is 3.67. The van der Waals surface area contributed by atoms with Crippen LogP contribution in [0.1, 0.15) is 65.7 Å². The molecule has 0 saturated heterocycles. The predicted molar refractivity (Wildman–Crippen MR) is 75.3 cm³/mol. The van der Waals surface area contributed by atoms with Crippen LogP contribution in [-0.2, 0) is 0 Å². The van der Waals surface area contributed by atoms with E-state index in [4.69, 9.17) is 0 Å². The number of nitrogens with zero attached hydrogens (tertiary/aromatic N) is 1. The Hall–Kier alpha value is -0.830. The van der Waals surface area contributed by atoms with E-state index >= 15 is 0 Å². The minimum atomic E-state index is 0.301. The molecule has 0 spiro atoms. The first-order valence-electron chi connectivity index (χ1n) is 7.03. The number of nitrogens with one attached hydrogen (secondary N) is 2. The largest absolute Gasteiger partial charge is 0.347 e. The topological polar surface area (TPSA) is 40.7 Å². The zero-order valence-electron chi connectivity index (χ0n) is 12.4. The van der Waals surface area contributed by atoms with Gasteiger partial charge in [-0.2, -0.15) is 0 Å². The van der Waals surface area contributed by atoms with Crippen molar-refractivity contribution in [3.05, 3.63) is 18.2 Å². The van der Waals surface area contributed by atoms with Gasteiger partial charge in [0.15, 0.2) is 0 Å². The van der Waals surface area contributed by atoms with Gasteiger partial charge in [0.2, 0.25) is 0 Å². The van der Waals surface area contributed by atoms with Gasteiger partial charge in [0, 0.05) is 18.4 Å². The fourth-order valence-electron chi connectivity index (χ4n) is 3.91. The summed E-state index contributed by atoms with van der Waals surface area (Å²) in [5.74, 6) is 1.04. The van der Waals surface area contributed by atoms with Crippen LogP contribution in [0.2, 0.25) is 0 Å². The molecular formula is C15H27N3. The van der Waals surface area contributed by atoms with Crippen molar-refractivity contribution in [3.63, 3.8) is 0 Å². The van der Waals surface area contributed by atoms with Crippen molar-refractivity contribution in [2.45, 2.75) is 66.0 Å². The van der Waals surface area contributed by atoms with Crippen LogP contribution in [-0.4, -0.2) is 16.0 Å². The lowest BCUT2D eigenvalue weighted by atomic mass is 9.63. The summed E-state index contributed by atoms with van der Waals surface area (Å²) in [7, 11) is 0. The lowest BCUT2D eigenvalue weighted by Crippen LogP contribution is -2.44. The fraction of sp³-hybridized carbons (Fsp3) is 0.800. The maximum absolute atomic E-state index is 4.34. The fourth-order valence-corrected chi connectivity index (χ4v) is 3.91. The second-order valence-electron chi connectivity index (χ2n) is 7.47. The van der Waals surface area contributed by atoms with Crippen LogP contribution in [0.4, 0.5) is 0 Å². The Labute approximate surface area is 111 Å². The van der Waals surface area contributed by atoms with E-state index in [-0.39, 0.29) is 0 Å². The van der Waals surface area contributed by atoms with Crippen molar-refractivity contribution < 1.29 is 0 Å². The monoisotopic (exact) mass is 249 g/mol. The minimum absolute atomic E-state index is 0.301. The van der Waals surface area contributed by atoms with Crippen molar-refractivity contribution in [1.29, 1.82) is 0 Å². The number of hydrogen-bond donors (Lipinski definition) is 2. The average Bonchev–Trinajstić information content (AvgIpc) is 2.63. The van der Waals surface area contributed by atoms with E-state index in [2.05, 4.69) is 49.9 Å². The Kier molecular flexibility index (Phi) is 3.54. The van der Waals surface area contributed by atoms with Crippen LogP contribution in [0, 0.1) is 10.8 Å². The van der Waals surface area contributed by atoms with Crippen molar-refractivity contribution in [2.24, 2.45) is 10.8 Å². The molecule has 2 N–H and O–H groups in total. The van der Waals surface area contributed by atoms with E-state index in [0.29, 0.717) is 22.9 Å². The Balaban J connectivity index is 2.01. The summed E-state index contributed by atoms with van der Waals surface area (Å²) in [5, 5.41) is 3.74. The van der Waals surface area contributed by atoms with Crippen molar-refractivity contribution in [1.82, 2.24) is 15.3 Å². The van der Waals surface area contributed by atoms with Gasteiger partial charge < -0.3 is 10.3 Å². The summed E-state index contributed by atoms with van der Waals surface area (Å²) in [6.45, 7) is 11.7. The van der Waals surface area contributed by atoms with Gasteiger partial charge >= 0.3 is 0 Å². The highest BCUT2D eigenvalue weighted by Gasteiger charge is 2.38. The molecule has 3 nitrogen and oxygen atoms in total. The summed E-state index contributed by atoms with van der Waals surface area (Å²) < 4.78 is 0. The lowest BCUT2D eigenvalue weighted by molar-refractivity contribution is 0.0807. The summed E-state index contributed by atoms with van der Waals surface area (Å²) in [6.07, 6.45) is 7.53. The first-order valence-corrected chi connectivity index (χ1v) is 7.03. The first kappa shape index (κ1) is 13.6. The molecule has 0 bridgehead atoms. The summed E-state index contributed by atoms with van der Waals surface area (Å²) in [4.78, 5) is 7.53. The SMILES string of the molecule is CC(NC1CC(C)(C)CC(C)(C)C1)c1ncc[nH]1. The Morgan fingerprint density at radius 2 is 1.89 bits per heavy atom. The molecule has 1 aromatic rings. The number of hydrogen-bond acceptors (Lipinski definition) is 2. The van der Waals surface area contributed by atoms with E-state index in [1.54, 1.807) is 0 Å². The molecule has 2 rings (SSSR count). The van der Waals surface area contributed by atoms with Gasteiger partial charge in [-0.15, -0.1) is 0 Å². The van der Waals surface area contributed by atoms with Crippen LogP contribution in [0.5, 0.6) is 0 Å². The molecule has 1 saturated carbocycles. The van der Waals surface area contributed by atoms with Crippen LogP contribution < -0.4 is 5.32 Å². The van der Waals surface area contributed by atoms with E-state index in [9.17, 15) is 0 Å². The molecule has 0 radical (unpaired) electrons. The van der Waals surface area contributed by atoms with E-state index < -0.39 is 0 Å². The molecule has 102 valence electrons. The Bertz CT molecular complexity index is 362. The smallest absolute Gasteiger partial charge is 0.122 e. The van der Waals surface area contributed by atoms with Gasteiger partial charge in [0.05, 0.1) is 6.04 Å². The number of aromatic nitrogens is 2. The van der Waals surface area contributed by atoms with Crippen LogP contribution in [0.25, 0.3) is 0 Å². The molecule has 1 aromatic heterocycles. The van der Waals surface area contributed by atoms with Gasteiger partial charge in [-0.3, -0.25) is 0 Å². The molecule has 1 aliphatic rings. The Morgan fingerprint density at radius 1 is 1.28 bits per heavy atom. The van der Waals surface area contributed by atoms with E-state index in [1.807, 2.05) is 12.4 Å². The molecule has 0 aromatic carbocycles.